The molecule has 0 fully saturated rings. The third-order valence-electron chi connectivity index (χ3n) is 4.14. The average molecular weight is 351 g/mol. The topological polar surface area (TPSA) is 58.3 Å². The zero-order chi connectivity index (χ0) is 17.4. The van der Waals surface area contributed by atoms with Crippen LogP contribution in [0.3, 0.4) is 0 Å². The van der Waals surface area contributed by atoms with Gasteiger partial charge < -0.3 is 10.2 Å². The van der Waals surface area contributed by atoms with Crippen molar-refractivity contribution in [2.45, 2.75) is 6.54 Å². The Morgan fingerprint density at radius 2 is 1.68 bits per heavy atom. The van der Waals surface area contributed by atoms with Gasteiger partial charge in [0.15, 0.2) is 11.5 Å². The minimum Gasteiger partial charge on any atom is -0.504 e. The summed E-state index contributed by atoms with van der Waals surface area (Å²) in [5.74, 6) is -0.333. The predicted octanol–water partition coefficient (Wildman–Crippen LogP) is 4.82. The third kappa shape index (κ3) is 2.81. The third-order valence-corrected chi connectivity index (χ3v) is 4.45. The van der Waals surface area contributed by atoms with E-state index in [4.69, 9.17) is 16.7 Å². The maximum Gasteiger partial charge on any atom is 0.158 e. The van der Waals surface area contributed by atoms with Gasteiger partial charge in [-0.05, 0) is 29.8 Å². The Kier molecular flexibility index (Phi) is 3.82. The summed E-state index contributed by atoms with van der Waals surface area (Å²) in [5.41, 5.74) is 3.39. The van der Waals surface area contributed by atoms with Crippen LogP contribution in [0.5, 0.6) is 11.5 Å². The van der Waals surface area contributed by atoms with Crippen molar-refractivity contribution in [3.63, 3.8) is 0 Å². The minimum atomic E-state index is -0.176. The van der Waals surface area contributed by atoms with Gasteiger partial charge in [-0.2, -0.15) is 5.10 Å². The van der Waals surface area contributed by atoms with Crippen LogP contribution < -0.4 is 0 Å². The van der Waals surface area contributed by atoms with E-state index in [1.54, 1.807) is 6.07 Å². The standard InChI is InChI=1S/C20H15ClN2O2/c21-16-8-4-7-15-19(14-9-10-17(24)18(25)11-14)22-23(20(15)16)12-13-5-2-1-3-6-13/h1-11,24-25H,12H2. The van der Waals surface area contributed by atoms with Crippen LogP contribution in [0, 0.1) is 0 Å². The summed E-state index contributed by atoms with van der Waals surface area (Å²) >= 11 is 6.44. The second-order valence-electron chi connectivity index (χ2n) is 5.83. The van der Waals surface area contributed by atoms with Gasteiger partial charge in [0.05, 0.1) is 17.1 Å². The zero-order valence-corrected chi connectivity index (χ0v) is 14.0. The number of benzene rings is 3. The molecule has 0 aliphatic rings. The molecule has 5 heteroatoms. The molecule has 0 aliphatic heterocycles. The normalized spacial score (nSPS) is 11.1. The van der Waals surface area contributed by atoms with Crippen LogP contribution in [0.15, 0.2) is 66.7 Å². The van der Waals surface area contributed by atoms with Gasteiger partial charge in [0.1, 0.15) is 5.69 Å². The fraction of sp³-hybridized carbons (Fsp3) is 0.0500. The van der Waals surface area contributed by atoms with Crippen LogP contribution in [-0.2, 0) is 6.54 Å². The van der Waals surface area contributed by atoms with E-state index >= 15 is 0 Å². The van der Waals surface area contributed by atoms with Crippen molar-refractivity contribution in [1.82, 2.24) is 9.78 Å². The SMILES string of the molecule is Oc1ccc(-c2nn(Cc3ccccc3)c3c(Cl)cccc23)cc1O. The van der Waals surface area contributed by atoms with E-state index in [-0.39, 0.29) is 11.5 Å². The zero-order valence-electron chi connectivity index (χ0n) is 13.2. The first kappa shape index (κ1) is 15.5. The quantitative estimate of drug-likeness (QED) is 0.521. The number of rotatable bonds is 3. The number of phenols is 2. The fourth-order valence-corrected chi connectivity index (χ4v) is 3.22. The molecule has 1 heterocycles. The summed E-state index contributed by atoms with van der Waals surface area (Å²) in [5, 5.41) is 25.6. The lowest BCUT2D eigenvalue weighted by molar-refractivity contribution is 0.404. The molecule has 4 nitrogen and oxygen atoms in total. The molecule has 25 heavy (non-hydrogen) atoms. The molecule has 0 saturated heterocycles. The van der Waals surface area contributed by atoms with Crippen LogP contribution in [0.4, 0.5) is 0 Å². The molecule has 4 aromatic rings. The van der Waals surface area contributed by atoms with Gasteiger partial charge in [-0.25, -0.2) is 0 Å². The summed E-state index contributed by atoms with van der Waals surface area (Å²) in [6.45, 7) is 0.588. The van der Waals surface area contributed by atoms with Crippen LogP contribution in [0.2, 0.25) is 5.02 Å². The number of para-hydroxylation sites is 1. The average Bonchev–Trinajstić information content (AvgIpc) is 2.98. The van der Waals surface area contributed by atoms with Crippen molar-refractivity contribution in [2.24, 2.45) is 0 Å². The van der Waals surface area contributed by atoms with Crippen molar-refractivity contribution in [3.8, 4) is 22.8 Å². The molecule has 0 spiro atoms. The maximum absolute atomic E-state index is 9.82. The molecular weight excluding hydrogens is 336 g/mol. The Morgan fingerprint density at radius 3 is 2.44 bits per heavy atom. The van der Waals surface area contributed by atoms with E-state index in [0.717, 1.165) is 22.0 Å². The van der Waals surface area contributed by atoms with E-state index in [0.29, 0.717) is 17.3 Å². The summed E-state index contributed by atoms with van der Waals surface area (Å²) in [6.07, 6.45) is 0. The first-order valence-electron chi connectivity index (χ1n) is 7.85. The monoisotopic (exact) mass is 350 g/mol. The van der Waals surface area contributed by atoms with Gasteiger partial charge in [-0.3, -0.25) is 4.68 Å². The predicted molar refractivity (Wildman–Crippen MR) is 99.1 cm³/mol. The highest BCUT2D eigenvalue weighted by molar-refractivity contribution is 6.35. The molecule has 0 aliphatic carbocycles. The number of fused-ring (bicyclic) bond motifs is 1. The molecule has 0 atom stereocenters. The Hall–Kier alpha value is -2.98. The molecule has 0 unspecified atom stereocenters. The Bertz CT molecular complexity index is 1060. The van der Waals surface area contributed by atoms with Gasteiger partial charge >= 0.3 is 0 Å². The first-order valence-corrected chi connectivity index (χ1v) is 8.22. The molecule has 2 N–H and O–H groups in total. The summed E-state index contributed by atoms with van der Waals surface area (Å²) < 4.78 is 1.87. The van der Waals surface area contributed by atoms with Crippen LogP contribution >= 0.6 is 11.6 Å². The fourth-order valence-electron chi connectivity index (χ4n) is 2.95. The highest BCUT2D eigenvalue weighted by Gasteiger charge is 2.16. The number of hydrogen-bond donors (Lipinski definition) is 2. The largest absolute Gasteiger partial charge is 0.504 e. The highest BCUT2D eigenvalue weighted by atomic mass is 35.5. The smallest absolute Gasteiger partial charge is 0.158 e. The Labute approximate surface area is 149 Å². The second-order valence-corrected chi connectivity index (χ2v) is 6.24. The van der Waals surface area contributed by atoms with Crippen molar-refractivity contribution in [1.29, 1.82) is 0 Å². The maximum atomic E-state index is 9.82. The lowest BCUT2D eigenvalue weighted by Crippen LogP contribution is -2.01. The lowest BCUT2D eigenvalue weighted by atomic mass is 10.1. The van der Waals surface area contributed by atoms with Crippen LogP contribution in [0.1, 0.15) is 5.56 Å². The summed E-state index contributed by atoms with van der Waals surface area (Å²) in [7, 11) is 0. The minimum absolute atomic E-state index is 0.158. The van der Waals surface area contributed by atoms with E-state index in [2.05, 4.69) is 0 Å². The number of halogens is 1. The molecule has 4 rings (SSSR count). The van der Waals surface area contributed by atoms with E-state index in [1.165, 1.54) is 12.1 Å². The second kappa shape index (κ2) is 6.15. The van der Waals surface area contributed by atoms with Gasteiger partial charge in [-0.15, -0.1) is 0 Å². The van der Waals surface area contributed by atoms with E-state index < -0.39 is 0 Å². The summed E-state index contributed by atoms with van der Waals surface area (Å²) in [4.78, 5) is 0. The molecule has 1 aromatic heterocycles. The van der Waals surface area contributed by atoms with Gasteiger partial charge in [0.25, 0.3) is 0 Å². The van der Waals surface area contributed by atoms with Crippen molar-refractivity contribution in [3.05, 3.63) is 77.3 Å². The van der Waals surface area contributed by atoms with E-state index in [1.807, 2.05) is 53.2 Å². The van der Waals surface area contributed by atoms with Gasteiger partial charge in [0.2, 0.25) is 0 Å². The molecule has 0 saturated carbocycles. The number of nitrogens with zero attached hydrogens (tertiary/aromatic N) is 2. The number of aromatic hydroxyl groups is 2. The first-order chi connectivity index (χ1) is 12.1. The summed E-state index contributed by atoms with van der Waals surface area (Å²) in [6, 6.07) is 20.4. The Morgan fingerprint density at radius 1 is 0.880 bits per heavy atom. The lowest BCUT2D eigenvalue weighted by Gasteiger charge is -2.04. The molecule has 3 aromatic carbocycles. The van der Waals surface area contributed by atoms with Gasteiger partial charge in [-0.1, -0.05) is 54.1 Å². The number of aromatic nitrogens is 2. The van der Waals surface area contributed by atoms with Gasteiger partial charge in [0, 0.05) is 10.9 Å². The molecular formula is C20H15ClN2O2. The van der Waals surface area contributed by atoms with Crippen molar-refractivity contribution >= 4 is 22.5 Å². The van der Waals surface area contributed by atoms with Crippen LogP contribution in [-0.4, -0.2) is 20.0 Å². The highest BCUT2D eigenvalue weighted by Crippen LogP contribution is 2.36. The van der Waals surface area contributed by atoms with E-state index in [9.17, 15) is 10.2 Å². The molecule has 0 radical (unpaired) electrons. The van der Waals surface area contributed by atoms with Crippen LogP contribution in [0.25, 0.3) is 22.2 Å². The van der Waals surface area contributed by atoms with Crippen molar-refractivity contribution in [2.75, 3.05) is 0 Å². The number of hydrogen-bond acceptors (Lipinski definition) is 3. The molecule has 124 valence electrons. The number of phenolic OH excluding ortho intramolecular Hbond substituents is 2. The molecule has 0 amide bonds. The van der Waals surface area contributed by atoms with Crippen molar-refractivity contribution < 1.29 is 10.2 Å². The molecule has 0 bridgehead atoms. The Balaban J connectivity index is 1.91.